The molecule has 23 heavy (non-hydrogen) atoms. The normalized spacial score (nSPS) is 20.5. The van der Waals surface area contributed by atoms with Crippen LogP contribution in [0.1, 0.15) is 36.2 Å². The summed E-state index contributed by atoms with van der Waals surface area (Å²) in [5.74, 6) is 0.0905. The predicted molar refractivity (Wildman–Crippen MR) is 90.0 cm³/mol. The lowest BCUT2D eigenvalue weighted by molar-refractivity contribution is 0.0532. The number of carbonyl (C=O) groups excluding carboxylic acids is 1. The molecule has 1 fully saturated rings. The van der Waals surface area contributed by atoms with E-state index in [0.717, 1.165) is 24.1 Å². The fraction of sp³-hybridized carbons (Fsp3) is 0.444. The molecule has 1 atom stereocenters. The predicted octanol–water partition coefficient (Wildman–Crippen LogP) is 2.13. The van der Waals surface area contributed by atoms with E-state index in [1.54, 1.807) is 6.20 Å². The maximum absolute atomic E-state index is 13.0. The van der Waals surface area contributed by atoms with E-state index in [-0.39, 0.29) is 17.4 Å². The van der Waals surface area contributed by atoms with Gasteiger partial charge in [0.2, 0.25) is 0 Å². The van der Waals surface area contributed by atoms with Crippen LogP contribution in [-0.2, 0) is 6.54 Å². The summed E-state index contributed by atoms with van der Waals surface area (Å²) in [6.45, 7) is 6.29. The fourth-order valence-electron chi connectivity index (χ4n) is 3.15. The van der Waals surface area contributed by atoms with E-state index in [0.29, 0.717) is 13.1 Å². The van der Waals surface area contributed by atoms with Crippen molar-refractivity contribution < 1.29 is 4.79 Å². The lowest BCUT2D eigenvalue weighted by atomic mass is 9.79. The molecule has 2 aromatic rings. The van der Waals surface area contributed by atoms with Gasteiger partial charge in [0.25, 0.3) is 5.91 Å². The van der Waals surface area contributed by atoms with Crippen molar-refractivity contribution in [2.45, 2.75) is 32.9 Å². The third-order valence-corrected chi connectivity index (χ3v) is 4.74. The smallest absolute Gasteiger partial charge is 0.254 e. The van der Waals surface area contributed by atoms with E-state index in [4.69, 9.17) is 5.73 Å². The number of likely N-dealkylation sites (tertiary alicyclic amines) is 1. The molecule has 3 rings (SSSR count). The van der Waals surface area contributed by atoms with Crippen LogP contribution in [-0.4, -0.2) is 39.7 Å². The standard InChI is InChI=1S/C18H24N4O/c1-18(2)13-21(11-8-16(18)19)17(23)15-7-4-3-6-14(15)12-22-10-5-9-20-22/h3-7,9-10,16H,8,11-13,19H2,1-2H3. The molecule has 0 aliphatic carbocycles. The lowest BCUT2D eigenvalue weighted by Crippen LogP contribution is -2.54. The summed E-state index contributed by atoms with van der Waals surface area (Å²) in [5, 5.41) is 4.23. The first-order valence-electron chi connectivity index (χ1n) is 8.07. The van der Waals surface area contributed by atoms with Crippen LogP contribution in [0, 0.1) is 5.41 Å². The number of piperidine rings is 1. The van der Waals surface area contributed by atoms with Gasteiger partial charge in [-0.3, -0.25) is 9.48 Å². The number of carbonyl (C=O) groups is 1. The molecule has 5 heteroatoms. The number of aromatic nitrogens is 2. The molecule has 5 nitrogen and oxygen atoms in total. The molecule has 1 aliphatic rings. The van der Waals surface area contributed by atoms with Gasteiger partial charge in [0.1, 0.15) is 0 Å². The molecule has 1 saturated heterocycles. The Hall–Kier alpha value is -2.14. The monoisotopic (exact) mass is 312 g/mol. The third-order valence-electron chi connectivity index (χ3n) is 4.74. The highest BCUT2D eigenvalue weighted by molar-refractivity contribution is 5.95. The highest BCUT2D eigenvalue weighted by Crippen LogP contribution is 2.29. The molecular formula is C18H24N4O. The van der Waals surface area contributed by atoms with Gasteiger partial charge in [0, 0.05) is 37.1 Å². The Bertz CT molecular complexity index is 678. The number of hydrogen-bond donors (Lipinski definition) is 1. The topological polar surface area (TPSA) is 64.2 Å². The van der Waals surface area contributed by atoms with Crippen LogP contribution in [0.2, 0.25) is 0 Å². The minimum Gasteiger partial charge on any atom is -0.338 e. The minimum absolute atomic E-state index is 0.0508. The Balaban J connectivity index is 1.82. The van der Waals surface area contributed by atoms with Crippen molar-refractivity contribution in [3.63, 3.8) is 0 Å². The second-order valence-corrected chi connectivity index (χ2v) is 6.97. The van der Waals surface area contributed by atoms with E-state index in [1.807, 2.05) is 46.1 Å². The molecule has 1 unspecified atom stereocenters. The van der Waals surface area contributed by atoms with Gasteiger partial charge in [-0.1, -0.05) is 32.0 Å². The van der Waals surface area contributed by atoms with Gasteiger partial charge < -0.3 is 10.6 Å². The number of hydrogen-bond acceptors (Lipinski definition) is 3. The molecule has 0 bridgehead atoms. The van der Waals surface area contributed by atoms with Crippen molar-refractivity contribution in [1.29, 1.82) is 0 Å². The minimum atomic E-state index is -0.0508. The largest absolute Gasteiger partial charge is 0.338 e. The zero-order valence-corrected chi connectivity index (χ0v) is 13.8. The van der Waals surface area contributed by atoms with Crippen molar-refractivity contribution in [3.05, 3.63) is 53.9 Å². The van der Waals surface area contributed by atoms with Gasteiger partial charge in [-0.2, -0.15) is 5.10 Å². The summed E-state index contributed by atoms with van der Waals surface area (Å²) in [6, 6.07) is 9.81. The number of nitrogens with zero attached hydrogens (tertiary/aromatic N) is 3. The molecule has 2 N–H and O–H groups in total. The summed E-state index contributed by atoms with van der Waals surface area (Å²) >= 11 is 0. The Labute approximate surface area is 137 Å². The van der Waals surface area contributed by atoms with Crippen LogP contribution < -0.4 is 5.73 Å². The SMILES string of the molecule is CC1(C)CN(C(=O)c2ccccc2Cn2cccn2)CCC1N. The van der Waals surface area contributed by atoms with E-state index in [2.05, 4.69) is 18.9 Å². The molecule has 1 amide bonds. The highest BCUT2D eigenvalue weighted by atomic mass is 16.2. The van der Waals surface area contributed by atoms with Crippen LogP contribution in [0.25, 0.3) is 0 Å². The molecule has 1 aliphatic heterocycles. The van der Waals surface area contributed by atoms with E-state index in [9.17, 15) is 4.79 Å². The Morgan fingerprint density at radius 2 is 2.13 bits per heavy atom. The molecule has 122 valence electrons. The summed E-state index contributed by atoms with van der Waals surface area (Å²) in [4.78, 5) is 14.9. The molecule has 0 saturated carbocycles. The first-order valence-corrected chi connectivity index (χ1v) is 8.07. The summed E-state index contributed by atoms with van der Waals surface area (Å²) in [5.41, 5.74) is 7.89. The second kappa shape index (κ2) is 6.16. The quantitative estimate of drug-likeness (QED) is 0.944. The lowest BCUT2D eigenvalue weighted by Gasteiger charge is -2.42. The van der Waals surface area contributed by atoms with E-state index in [1.165, 1.54) is 0 Å². The van der Waals surface area contributed by atoms with Gasteiger partial charge in [-0.05, 0) is 29.5 Å². The van der Waals surface area contributed by atoms with Gasteiger partial charge in [-0.15, -0.1) is 0 Å². The van der Waals surface area contributed by atoms with Crippen molar-refractivity contribution in [2.24, 2.45) is 11.1 Å². The van der Waals surface area contributed by atoms with Crippen molar-refractivity contribution in [2.75, 3.05) is 13.1 Å². The number of rotatable bonds is 3. The fourth-order valence-corrected chi connectivity index (χ4v) is 3.15. The second-order valence-electron chi connectivity index (χ2n) is 6.97. The van der Waals surface area contributed by atoms with E-state index < -0.39 is 0 Å². The van der Waals surface area contributed by atoms with Crippen molar-refractivity contribution >= 4 is 5.91 Å². The van der Waals surface area contributed by atoms with Crippen molar-refractivity contribution in [3.8, 4) is 0 Å². The van der Waals surface area contributed by atoms with Crippen LogP contribution in [0.5, 0.6) is 0 Å². The number of amides is 1. The number of nitrogens with two attached hydrogens (primary N) is 1. The summed E-state index contributed by atoms with van der Waals surface area (Å²) < 4.78 is 1.84. The Morgan fingerprint density at radius 1 is 1.35 bits per heavy atom. The van der Waals surface area contributed by atoms with Crippen LogP contribution in [0.3, 0.4) is 0 Å². The molecule has 1 aromatic carbocycles. The number of benzene rings is 1. The zero-order chi connectivity index (χ0) is 16.4. The third kappa shape index (κ3) is 3.29. The van der Waals surface area contributed by atoms with Crippen LogP contribution >= 0.6 is 0 Å². The van der Waals surface area contributed by atoms with Gasteiger partial charge in [0.05, 0.1) is 6.54 Å². The van der Waals surface area contributed by atoms with Gasteiger partial charge in [-0.25, -0.2) is 0 Å². The maximum atomic E-state index is 13.0. The summed E-state index contributed by atoms with van der Waals surface area (Å²) in [6.07, 6.45) is 4.50. The molecule has 0 radical (unpaired) electrons. The Kier molecular flexibility index (Phi) is 4.22. The van der Waals surface area contributed by atoms with Crippen LogP contribution in [0.4, 0.5) is 0 Å². The molecule has 2 heterocycles. The first-order chi connectivity index (χ1) is 11.0. The maximum Gasteiger partial charge on any atom is 0.254 e. The van der Waals surface area contributed by atoms with E-state index >= 15 is 0 Å². The van der Waals surface area contributed by atoms with Gasteiger partial charge in [0.15, 0.2) is 0 Å². The average molecular weight is 312 g/mol. The zero-order valence-electron chi connectivity index (χ0n) is 13.8. The van der Waals surface area contributed by atoms with Crippen LogP contribution in [0.15, 0.2) is 42.7 Å². The highest BCUT2D eigenvalue weighted by Gasteiger charge is 2.35. The van der Waals surface area contributed by atoms with Crippen molar-refractivity contribution in [1.82, 2.24) is 14.7 Å². The summed E-state index contributed by atoms with van der Waals surface area (Å²) in [7, 11) is 0. The molecule has 1 aromatic heterocycles. The average Bonchev–Trinajstić information content (AvgIpc) is 3.03. The first kappa shape index (κ1) is 15.7. The molecular weight excluding hydrogens is 288 g/mol. The molecule has 0 spiro atoms. The Morgan fingerprint density at radius 3 is 2.83 bits per heavy atom. The van der Waals surface area contributed by atoms with Gasteiger partial charge >= 0.3 is 0 Å².